The molecule has 0 aliphatic heterocycles. The summed E-state index contributed by atoms with van der Waals surface area (Å²) >= 11 is 0. The summed E-state index contributed by atoms with van der Waals surface area (Å²) in [5.41, 5.74) is 4.17. The molecule has 0 fully saturated rings. The molecule has 21 heavy (non-hydrogen) atoms. The molecular weight excluding hydrogens is 265 g/mol. The quantitative estimate of drug-likeness (QED) is 0.892. The smallest absolute Gasteiger partial charge is 0.124 e. The minimum absolute atomic E-state index is 0.0822. The molecule has 0 saturated heterocycles. The van der Waals surface area contributed by atoms with Gasteiger partial charge in [-0.1, -0.05) is 25.1 Å². The van der Waals surface area contributed by atoms with Crippen LogP contribution in [-0.4, -0.2) is 13.7 Å². The molecule has 0 amide bonds. The first-order valence-electron chi connectivity index (χ1n) is 7.20. The summed E-state index contributed by atoms with van der Waals surface area (Å²) in [6, 6.07) is 10.9. The van der Waals surface area contributed by atoms with Crippen molar-refractivity contribution in [2.45, 2.75) is 26.8 Å². The van der Waals surface area contributed by atoms with Crippen molar-refractivity contribution in [2.24, 2.45) is 0 Å². The lowest BCUT2D eigenvalue weighted by atomic mass is 9.93. The van der Waals surface area contributed by atoms with Crippen LogP contribution in [0, 0.1) is 19.7 Å². The molecule has 2 rings (SSSR count). The fourth-order valence-corrected chi connectivity index (χ4v) is 2.57. The Labute approximate surface area is 126 Å². The van der Waals surface area contributed by atoms with Crippen molar-refractivity contribution in [3.8, 4) is 5.75 Å². The van der Waals surface area contributed by atoms with Crippen molar-refractivity contribution in [1.82, 2.24) is 5.32 Å². The summed E-state index contributed by atoms with van der Waals surface area (Å²) in [5, 5.41) is 3.43. The second kappa shape index (κ2) is 6.72. The Balaban J connectivity index is 2.55. The molecule has 0 aliphatic carbocycles. The standard InChI is InChI=1S/C18H22FNO/c1-5-20-18(16-11-14(19)8-7-13(16)3)15-9-6-12(2)10-17(15)21-4/h6-11,18,20H,5H2,1-4H3. The molecule has 2 aromatic carbocycles. The average molecular weight is 287 g/mol. The van der Waals surface area contributed by atoms with E-state index < -0.39 is 0 Å². The minimum Gasteiger partial charge on any atom is -0.496 e. The maximum absolute atomic E-state index is 13.7. The number of nitrogens with one attached hydrogen (secondary N) is 1. The Bertz CT molecular complexity index is 625. The molecule has 0 bridgehead atoms. The first-order chi connectivity index (χ1) is 10.1. The summed E-state index contributed by atoms with van der Waals surface area (Å²) in [6.45, 7) is 6.86. The van der Waals surface area contributed by atoms with Gasteiger partial charge in [0.05, 0.1) is 13.2 Å². The van der Waals surface area contributed by atoms with Crippen LogP contribution in [0.4, 0.5) is 4.39 Å². The monoisotopic (exact) mass is 287 g/mol. The first kappa shape index (κ1) is 15.5. The second-order valence-corrected chi connectivity index (χ2v) is 5.24. The maximum Gasteiger partial charge on any atom is 0.124 e. The highest BCUT2D eigenvalue weighted by Gasteiger charge is 2.19. The van der Waals surface area contributed by atoms with Gasteiger partial charge in [0, 0.05) is 5.56 Å². The van der Waals surface area contributed by atoms with E-state index in [0.717, 1.165) is 34.5 Å². The van der Waals surface area contributed by atoms with Gasteiger partial charge in [-0.15, -0.1) is 0 Å². The summed E-state index contributed by atoms with van der Waals surface area (Å²) in [5.74, 6) is 0.606. The van der Waals surface area contributed by atoms with Crippen LogP contribution in [0.2, 0.25) is 0 Å². The number of aryl methyl sites for hydroxylation is 2. The Morgan fingerprint density at radius 3 is 2.52 bits per heavy atom. The minimum atomic E-state index is -0.218. The number of rotatable bonds is 5. The number of ether oxygens (including phenoxy) is 1. The van der Waals surface area contributed by atoms with E-state index in [4.69, 9.17) is 4.74 Å². The van der Waals surface area contributed by atoms with Crippen LogP contribution < -0.4 is 10.1 Å². The highest BCUT2D eigenvalue weighted by Crippen LogP contribution is 2.32. The van der Waals surface area contributed by atoms with E-state index in [9.17, 15) is 4.39 Å². The van der Waals surface area contributed by atoms with E-state index in [1.165, 1.54) is 6.07 Å². The third-order valence-corrected chi connectivity index (χ3v) is 3.66. The van der Waals surface area contributed by atoms with Gasteiger partial charge < -0.3 is 10.1 Å². The lowest BCUT2D eigenvalue weighted by molar-refractivity contribution is 0.404. The van der Waals surface area contributed by atoms with Gasteiger partial charge in [0.2, 0.25) is 0 Å². The zero-order valence-electron chi connectivity index (χ0n) is 13.0. The fourth-order valence-electron chi connectivity index (χ4n) is 2.57. The normalized spacial score (nSPS) is 12.2. The van der Waals surface area contributed by atoms with Crippen molar-refractivity contribution in [3.05, 3.63) is 64.5 Å². The first-order valence-corrected chi connectivity index (χ1v) is 7.20. The van der Waals surface area contributed by atoms with Gasteiger partial charge in [-0.2, -0.15) is 0 Å². The SMILES string of the molecule is CCNC(c1cc(F)ccc1C)c1ccc(C)cc1OC. The molecule has 112 valence electrons. The predicted octanol–water partition coefficient (Wildman–Crippen LogP) is 4.15. The molecule has 1 atom stereocenters. The lowest BCUT2D eigenvalue weighted by Crippen LogP contribution is -2.23. The summed E-state index contributed by atoms with van der Waals surface area (Å²) in [4.78, 5) is 0. The van der Waals surface area contributed by atoms with E-state index in [-0.39, 0.29) is 11.9 Å². The van der Waals surface area contributed by atoms with Crippen LogP contribution in [0.15, 0.2) is 36.4 Å². The third kappa shape index (κ3) is 3.42. The van der Waals surface area contributed by atoms with Crippen LogP contribution in [0.1, 0.15) is 35.2 Å². The third-order valence-electron chi connectivity index (χ3n) is 3.66. The molecule has 0 spiro atoms. The van der Waals surface area contributed by atoms with Crippen molar-refractivity contribution >= 4 is 0 Å². The fraction of sp³-hybridized carbons (Fsp3) is 0.333. The van der Waals surface area contributed by atoms with E-state index in [2.05, 4.69) is 11.4 Å². The van der Waals surface area contributed by atoms with Crippen molar-refractivity contribution in [3.63, 3.8) is 0 Å². The molecule has 2 nitrogen and oxygen atoms in total. The van der Waals surface area contributed by atoms with E-state index in [1.54, 1.807) is 13.2 Å². The number of hydrogen-bond donors (Lipinski definition) is 1. The van der Waals surface area contributed by atoms with Crippen molar-refractivity contribution in [1.29, 1.82) is 0 Å². The molecule has 3 heteroatoms. The number of benzene rings is 2. The zero-order valence-corrected chi connectivity index (χ0v) is 13.0. The van der Waals surface area contributed by atoms with E-state index in [1.807, 2.05) is 39.0 Å². The van der Waals surface area contributed by atoms with E-state index >= 15 is 0 Å². The van der Waals surface area contributed by atoms with Gasteiger partial charge in [0.1, 0.15) is 11.6 Å². The van der Waals surface area contributed by atoms with Crippen LogP contribution in [-0.2, 0) is 0 Å². The number of hydrogen-bond acceptors (Lipinski definition) is 2. The molecule has 0 aliphatic rings. The Morgan fingerprint density at radius 1 is 1.10 bits per heavy atom. The number of methoxy groups -OCH3 is 1. The number of halogens is 1. The van der Waals surface area contributed by atoms with Crippen molar-refractivity contribution in [2.75, 3.05) is 13.7 Å². The highest BCUT2D eigenvalue weighted by atomic mass is 19.1. The molecule has 0 saturated carbocycles. The zero-order chi connectivity index (χ0) is 15.4. The van der Waals surface area contributed by atoms with Gasteiger partial charge >= 0.3 is 0 Å². The topological polar surface area (TPSA) is 21.3 Å². The molecule has 0 heterocycles. The molecule has 1 unspecified atom stereocenters. The van der Waals surface area contributed by atoms with Crippen LogP contribution >= 0.6 is 0 Å². The van der Waals surface area contributed by atoms with Crippen LogP contribution in [0.5, 0.6) is 5.75 Å². The molecule has 2 aromatic rings. The average Bonchev–Trinajstić information content (AvgIpc) is 2.48. The summed E-state index contributed by atoms with van der Waals surface area (Å²) < 4.78 is 19.2. The van der Waals surface area contributed by atoms with Gasteiger partial charge in [0.25, 0.3) is 0 Å². The van der Waals surface area contributed by atoms with Gasteiger partial charge in [0.15, 0.2) is 0 Å². The Morgan fingerprint density at radius 2 is 1.86 bits per heavy atom. The van der Waals surface area contributed by atoms with Gasteiger partial charge in [-0.25, -0.2) is 4.39 Å². The van der Waals surface area contributed by atoms with Crippen LogP contribution in [0.3, 0.4) is 0 Å². The van der Waals surface area contributed by atoms with Gasteiger partial charge in [-0.3, -0.25) is 0 Å². The lowest BCUT2D eigenvalue weighted by Gasteiger charge is -2.23. The Hall–Kier alpha value is -1.87. The predicted molar refractivity (Wildman–Crippen MR) is 84.4 cm³/mol. The molecule has 1 N–H and O–H groups in total. The molecular formula is C18H22FNO. The Kier molecular flexibility index (Phi) is 4.97. The highest BCUT2D eigenvalue weighted by molar-refractivity contribution is 5.45. The summed E-state index contributed by atoms with van der Waals surface area (Å²) in [7, 11) is 1.67. The van der Waals surface area contributed by atoms with Gasteiger partial charge in [-0.05, 0) is 55.3 Å². The summed E-state index contributed by atoms with van der Waals surface area (Å²) in [6.07, 6.45) is 0. The molecule has 0 aromatic heterocycles. The van der Waals surface area contributed by atoms with Crippen molar-refractivity contribution < 1.29 is 9.13 Å². The largest absolute Gasteiger partial charge is 0.496 e. The molecule has 0 radical (unpaired) electrons. The second-order valence-electron chi connectivity index (χ2n) is 5.24. The van der Waals surface area contributed by atoms with Crippen LogP contribution in [0.25, 0.3) is 0 Å². The maximum atomic E-state index is 13.7. The van der Waals surface area contributed by atoms with E-state index in [0.29, 0.717) is 0 Å².